The van der Waals surface area contributed by atoms with Crippen molar-refractivity contribution in [1.29, 1.82) is 0 Å². The Morgan fingerprint density at radius 2 is 1.48 bits per heavy atom. The van der Waals surface area contributed by atoms with Crippen LogP contribution in [0, 0.1) is 0 Å². The van der Waals surface area contributed by atoms with E-state index in [2.05, 4.69) is 0 Å². The van der Waals surface area contributed by atoms with E-state index in [-0.39, 0.29) is 16.2 Å². The summed E-state index contributed by atoms with van der Waals surface area (Å²) in [5.41, 5.74) is 1.04. The third-order valence-corrected chi connectivity index (χ3v) is 5.13. The Morgan fingerprint density at radius 3 is 2.15 bits per heavy atom. The molecule has 0 N–H and O–H groups in total. The number of carbonyl (C=O) groups is 1. The number of esters is 1. The van der Waals surface area contributed by atoms with Crippen molar-refractivity contribution in [3.05, 3.63) is 90.0 Å². The number of hydrogen-bond donors (Lipinski definition) is 0. The molecule has 5 nitrogen and oxygen atoms in total. The SMILES string of the molecule is CCc1ccc(S(=O)(=O)Oc2ccccc2C(=O)Oc2ccccc2)cc1. The third-order valence-electron chi connectivity index (χ3n) is 3.88. The van der Waals surface area contributed by atoms with Crippen LogP contribution in [0.5, 0.6) is 11.5 Å². The van der Waals surface area contributed by atoms with Gasteiger partial charge >= 0.3 is 16.1 Å². The zero-order chi connectivity index (χ0) is 19.3. The second-order valence-corrected chi connectivity index (χ2v) is 7.28. The minimum atomic E-state index is -4.07. The van der Waals surface area contributed by atoms with Gasteiger partial charge in [-0.05, 0) is 48.4 Å². The van der Waals surface area contributed by atoms with Crippen molar-refractivity contribution < 1.29 is 22.1 Å². The van der Waals surface area contributed by atoms with Gasteiger partial charge in [-0.2, -0.15) is 8.42 Å². The molecular formula is C21H18O5S. The summed E-state index contributed by atoms with van der Waals surface area (Å²) in [6, 6.07) is 21.0. The maximum absolute atomic E-state index is 12.6. The van der Waals surface area contributed by atoms with E-state index in [1.165, 1.54) is 24.3 Å². The molecule has 0 aliphatic rings. The third kappa shape index (κ3) is 4.54. The van der Waals surface area contributed by atoms with E-state index in [1.54, 1.807) is 54.6 Å². The second-order valence-electron chi connectivity index (χ2n) is 5.73. The van der Waals surface area contributed by atoms with Crippen molar-refractivity contribution in [2.45, 2.75) is 18.2 Å². The summed E-state index contributed by atoms with van der Waals surface area (Å²) in [4.78, 5) is 12.5. The molecule has 0 amide bonds. The van der Waals surface area contributed by atoms with Crippen molar-refractivity contribution in [2.24, 2.45) is 0 Å². The summed E-state index contributed by atoms with van der Waals surface area (Å²) < 4.78 is 35.6. The normalized spacial score (nSPS) is 11.0. The summed E-state index contributed by atoms with van der Waals surface area (Å²) in [6.45, 7) is 1.98. The molecule has 0 saturated heterocycles. The van der Waals surface area contributed by atoms with Crippen molar-refractivity contribution in [3.63, 3.8) is 0 Å². The molecule has 6 heteroatoms. The van der Waals surface area contributed by atoms with Gasteiger partial charge in [-0.1, -0.05) is 49.4 Å². The Hall–Kier alpha value is -3.12. The van der Waals surface area contributed by atoms with Crippen LogP contribution in [0.15, 0.2) is 83.8 Å². The maximum atomic E-state index is 12.6. The van der Waals surface area contributed by atoms with Gasteiger partial charge in [0.25, 0.3) is 0 Å². The Kier molecular flexibility index (Phi) is 5.57. The Labute approximate surface area is 158 Å². The van der Waals surface area contributed by atoms with E-state index in [0.717, 1.165) is 12.0 Å². The lowest BCUT2D eigenvalue weighted by Crippen LogP contribution is -2.15. The minimum Gasteiger partial charge on any atom is -0.423 e. The first kappa shape index (κ1) is 18.7. The monoisotopic (exact) mass is 382 g/mol. The standard InChI is InChI=1S/C21H18O5S/c1-2-16-12-14-18(15-13-16)27(23,24)26-20-11-7-6-10-19(20)21(22)25-17-8-4-3-5-9-17/h3-15H,2H2,1H3. The first-order chi connectivity index (χ1) is 13.0. The molecule has 0 atom stereocenters. The zero-order valence-electron chi connectivity index (χ0n) is 14.7. The maximum Gasteiger partial charge on any atom is 0.347 e. The molecule has 3 rings (SSSR count). The number of para-hydroxylation sites is 2. The van der Waals surface area contributed by atoms with Crippen molar-refractivity contribution in [1.82, 2.24) is 0 Å². The van der Waals surface area contributed by atoms with Gasteiger partial charge in [0.2, 0.25) is 0 Å². The van der Waals surface area contributed by atoms with Crippen LogP contribution in [0.2, 0.25) is 0 Å². The molecule has 0 aliphatic carbocycles. The fourth-order valence-corrected chi connectivity index (χ4v) is 3.36. The largest absolute Gasteiger partial charge is 0.423 e. The van der Waals surface area contributed by atoms with E-state index in [9.17, 15) is 13.2 Å². The van der Waals surface area contributed by atoms with Gasteiger partial charge in [-0.15, -0.1) is 0 Å². The molecule has 0 aliphatic heterocycles. The number of carbonyl (C=O) groups excluding carboxylic acids is 1. The number of aryl methyl sites for hydroxylation is 1. The molecule has 0 spiro atoms. The van der Waals surface area contributed by atoms with Crippen LogP contribution in [-0.2, 0) is 16.5 Å². The van der Waals surface area contributed by atoms with Crippen LogP contribution in [-0.4, -0.2) is 14.4 Å². The Balaban J connectivity index is 1.85. The van der Waals surface area contributed by atoms with Crippen LogP contribution in [0.25, 0.3) is 0 Å². The predicted octanol–water partition coefficient (Wildman–Crippen LogP) is 4.24. The van der Waals surface area contributed by atoms with E-state index in [0.29, 0.717) is 5.75 Å². The Bertz CT molecular complexity index is 1030. The number of ether oxygens (including phenoxy) is 1. The van der Waals surface area contributed by atoms with Gasteiger partial charge in [0.05, 0.1) is 0 Å². The van der Waals surface area contributed by atoms with Crippen molar-refractivity contribution in [2.75, 3.05) is 0 Å². The van der Waals surface area contributed by atoms with Crippen LogP contribution < -0.4 is 8.92 Å². The van der Waals surface area contributed by atoms with E-state index >= 15 is 0 Å². The predicted molar refractivity (Wildman–Crippen MR) is 101 cm³/mol. The van der Waals surface area contributed by atoms with E-state index in [1.807, 2.05) is 6.92 Å². The van der Waals surface area contributed by atoms with Crippen LogP contribution >= 0.6 is 0 Å². The van der Waals surface area contributed by atoms with Crippen LogP contribution in [0.3, 0.4) is 0 Å². The van der Waals surface area contributed by atoms with Crippen LogP contribution in [0.4, 0.5) is 0 Å². The van der Waals surface area contributed by atoms with Gasteiger partial charge in [0.1, 0.15) is 16.2 Å². The minimum absolute atomic E-state index is 0.0194. The van der Waals surface area contributed by atoms with Gasteiger partial charge in [0.15, 0.2) is 5.75 Å². The molecular weight excluding hydrogens is 364 g/mol. The highest BCUT2D eigenvalue weighted by Gasteiger charge is 2.22. The average Bonchev–Trinajstić information content (AvgIpc) is 2.69. The lowest BCUT2D eigenvalue weighted by atomic mass is 10.2. The van der Waals surface area contributed by atoms with Crippen LogP contribution in [0.1, 0.15) is 22.8 Å². The van der Waals surface area contributed by atoms with Gasteiger partial charge in [-0.3, -0.25) is 0 Å². The molecule has 0 fully saturated rings. The Morgan fingerprint density at radius 1 is 0.852 bits per heavy atom. The number of rotatable bonds is 6. The van der Waals surface area contributed by atoms with Gasteiger partial charge in [0, 0.05) is 0 Å². The first-order valence-corrected chi connectivity index (χ1v) is 9.80. The molecule has 27 heavy (non-hydrogen) atoms. The van der Waals surface area contributed by atoms with E-state index < -0.39 is 16.1 Å². The van der Waals surface area contributed by atoms with Crippen molar-refractivity contribution in [3.8, 4) is 11.5 Å². The zero-order valence-corrected chi connectivity index (χ0v) is 15.5. The fraction of sp³-hybridized carbons (Fsp3) is 0.0952. The highest BCUT2D eigenvalue weighted by atomic mass is 32.2. The number of benzene rings is 3. The highest BCUT2D eigenvalue weighted by Crippen LogP contribution is 2.25. The summed E-state index contributed by atoms with van der Waals surface area (Å²) in [5.74, 6) is -0.429. The summed E-state index contributed by atoms with van der Waals surface area (Å²) >= 11 is 0. The topological polar surface area (TPSA) is 69.7 Å². The summed E-state index contributed by atoms with van der Waals surface area (Å²) in [5, 5.41) is 0. The fourth-order valence-electron chi connectivity index (χ4n) is 2.42. The molecule has 0 saturated carbocycles. The average molecular weight is 382 g/mol. The molecule has 3 aromatic rings. The molecule has 0 bridgehead atoms. The molecule has 0 radical (unpaired) electrons. The summed E-state index contributed by atoms with van der Waals surface area (Å²) in [7, 11) is -4.07. The molecule has 3 aromatic carbocycles. The molecule has 0 aromatic heterocycles. The van der Waals surface area contributed by atoms with E-state index in [4.69, 9.17) is 8.92 Å². The first-order valence-electron chi connectivity index (χ1n) is 8.39. The lowest BCUT2D eigenvalue weighted by Gasteiger charge is -2.11. The lowest BCUT2D eigenvalue weighted by molar-refractivity contribution is 0.0733. The molecule has 0 heterocycles. The number of hydrogen-bond acceptors (Lipinski definition) is 5. The molecule has 0 unspecified atom stereocenters. The van der Waals surface area contributed by atoms with Gasteiger partial charge in [-0.25, -0.2) is 4.79 Å². The summed E-state index contributed by atoms with van der Waals surface area (Å²) in [6.07, 6.45) is 0.801. The van der Waals surface area contributed by atoms with Crippen molar-refractivity contribution >= 4 is 16.1 Å². The highest BCUT2D eigenvalue weighted by molar-refractivity contribution is 7.87. The second kappa shape index (κ2) is 8.05. The smallest absolute Gasteiger partial charge is 0.347 e. The quantitative estimate of drug-likeness (QED) is 0.362. The molecule has 138 valence electrons. The van der Waals surface area contributed by atoms with Gasteiger partial charge < -0.3 is 8.92 Å².